The Morgan fingerprint density at radius 2 is 1.65 bits per heavy atom. The third-order valence-electron chi connectivity index (χ3n) is 1.93. The third kappa shape index (κ3) is 3.61. The standard InChI is InChI=1S/C9H5Cl3F4O/c10-8(11,12)7(17)5-3-4(9(14,15)16)1-2-6(5)13/h1-3,7,17H. The molecule has 0 radical (unpaired) electrons. The molecule has 1 atom stereocenters. The zero-order chi connectivity index (χ0) is 13.4. The minimum Gasteiger partial charge on any atom is -0.384 e. The summed E-state index contributed by atoms with van der Waals surface area (Å²) in [7, 11) is 0. The van der Waals surface area contributed by atoms with E-state index in [2.05, 4.69) is 0 Å². The maximum atomic E-state index is 13.2. The van der Waals surface area contributed by atoms with Crippen molar-refractivity contribution in [1.82, 2.24) is 0 Å². The zero-order valence-corrected chi connectivity index (χ0v) is 10.2. The van der Waals surface area contributed by atoms with Gasteiger partial charge in [-0.3, -0.25) is 0 Å². The largest absolute Gasteiger partial charge is 0.416 e. The van der Waals surface area contributed by atoms with Gasteiger partial charge in [-0.2, -0.15) is 13.2 Å². The van der Waals surface area contributed by atoms with Crippen molar-refractivity contribution in [2.45, 2.75) is 16.1 Å². The molecule has 0 aliphatic heterocycles. The van der Waals surface area contributed by atoms with Gasteiger partial charge in [0.15, 0.2) is 0 Å². The molecule has 0 aromatic heterocycles. The van der Waals surface area contributed by atoms with E-state index in [9.17, 15) is 22.7 Å². The molecule has 0 aliphatic carbocycles. The summed E-state index contributed by atoms with van der Waals surface area (Å²) in [5, 5.41) is 9.42. The van der Waals surface area contributed by atoms with Gasteiger partial charge in [0.1, 0.15) is 11.9 Å². The normalized spacial score (nSPS) is 14.8. The van der Waals surface area contributed by atoms with E-state index < -0.39 is 33.0 Å². The van der Waals surface area contributed by atoms with Gasteiger partial charge in [-0.25, -0.2) is 4.39 Å². The van der Waals surface area contributed by atoms with E-state index in [1.54, 1.807) is 0 Å². The maximum Gasteiger partial charge on any atom is 0.416 e. The summed E-state index contributed by atoms with van der Waals surface area (Å²) in [5.41, 5.74) is -1.86. The number of benzene rings is 1. The molecule has 1 N–H and O–H groups in total. The monoisotopic (exact) mass is 310 g/mol. The van der Waals surface area contributed by atoms with Crippen molar-refractivity contribution in [2.75, 3.05) is 0 Å². The summed E-state index contributed by atoms with van der Waals surface area (Å²) in [6.07, 6.45) is -6.66. The molecule has 0 heterocycles. The van der Waals surface area contributed by atoms with Crippen LogP contribution < -0.4 is 0 Å². The summed E-state index contributed by atoms with van der Waals surface area (Å²) in [4.78, 5) is 0. The molecule has 1 aromatic rings. The van der Waals surface area contributed by atoms with Gasteiger partial charge in [0.05, 0.1) is 5.56 Å². The van der Waals surface area contributed by atoms with Crippen LogP contribution in [-0.4, -0.2) is 8.90 Å². The number of aliphatic hydroxyl groups excluding tert-OH is 1. The van der Waals surface area contributed by atoms with E-state index in [1.807, 2.05) is 0 Å². The molecule has 8 heteroatoms. The van der Waals surface area contributed by atoms with E-state index in [0.717, 1.165) is 0 Å². The molecule has 1 aromatic carbocycles. The van der Waals surface area contributed by atoms with Crippen LogP contribution in [-0.2, 0) is 6.18 Å². The Morgan fingerprint density at radius 1 is 1.12 bits per heavy atom. The van der Waals surface area contributed by atoms with Crippen molar-refractivity contribution in [3.63, 3.8) is 0 Å². The van der Waals surface area contributed by atoms with E-state index in [4.69, 9.17) is 34.8 Å². The molecule has 0 saturated carbocycles. The minimum atomic E-state index is -4.67. The lowest BCUT2D eigenvalue weighted by atomic mass is 10.1. The average molecular weight is 311 g/mol. The van der Waals surface area contributed by atoms with Gasteiger partial charge >= 0.3 is 6.18 Å². The number of aliphatic hydroxyl groups is 1. The van der Waals surface area contributed by atoms with Crippen molar-refractivity contribution in [3.8, 4) is 0 Å². The van der Waals surface area contributed by atoms with Crippen molar-refractivity contribution >= 4 is 34.8 Å². The Morgan fingerprint density at radius 3 is 2.06 bits per heavy atom. The zero-order valence-electron chi connectivity index (χ0n) is 7.90. The van der Waals surface area contributed by atoms with Crippen molar-refractivity contribution in [2.24, 2.45) is 0 Å². The maximum absolute atomic E-state index is 13.2. The fourth-order valence-electron chi connectivity index (χ4n) is 1.11. The van der Waals surface area contributed by atoms with Crippen LogP contribution in [0.2, 0.25) is 0 Å². The van der Waals surface area contributed by atoms with E-state index >= 15 is 0 Å². The van der Waals surface area contributed by atoms with Gasteiger partial charge in [0.25, 0.3) is 0 Å². The third-order valence-corrected chi connectivity index (χ3v) is 2.55. The van der Waals surface area contributed by atoms with Crippen LogP contribution in [0.25, 0.3) is 0 Å². The first kappa shape index (κ1) is 14.8. The van der Waals surface area contributed by atoms with Crippen molar-refractivity contribution in [1.29, 1.82) is 0 Å². The second-order valence-electron chi connectivity index (χ2n) is 3.18. The Bertz CT molecular complexity index is 414. The molecule has 0 fully saturated rings. The van der Waals surface area contributed by atoms with Crippen LogP contribution in [0.1, 0.15) is 17.2 Å². The molecular weight excluding hydrogens is 306 g/mol. The molecule has 96 valence electrons. The lowest BCUT2D eigenvalue weighted by Crippen LogP contribution is -2.19. The van der Waals surface area contributed by atoms with Crippen LogP contribution in [0.4, 0.5) is 17.6 Å². The van der Waals surface area contributed by atoms with Gasteiger partial charge in [-0.05, 0) is 18.2 Å². The molecule has 0 bridgehead atoms. The van der Waals surface area contributed by atoms with Gasteiger partial charge < -0.3 is 5.11 Å². The highest BCUT2D eigenvalue weighted by Crippen LogP contribution is 2.41. The lowest BCUT2D eigenvalue weighted by Gasteiger charge is -2.20. The van der Waals surface area contributed by atoms with E-state index in [0.29, 0.717) is 18.2 Å². The number of halogens is 7. The molecule has 1 unspecified atom stereocenters. The quantitative estimate of drug-likeness (QED) is 0.607. The molecule has 0 amide bonds. The second-order valence-corrected chi connectivity index (χ2v) is 5.55. The first-order valence-corrected chi connectivity index (χ1v) is 5.28. The Hall–Kier alpha value is -0.230. The van der Waals surface area contributed by atoms with E-state index in [-0.39, 0.29) is 0 Å². The Labute approximate surface area is 109 Å². The first-order valence-electron chi connectivity index (χ1n) is 4.15. The highest BCUT2D eigenvalue weighted by atomic mass is 35.6. The summed E-state index contributed by atoms with van der Waals surface area (Å²) in [6.45, 7) is 0. The minimum absolute atomic E-state index is 0.405. The molecule has 0 saturated heterocycles. The van der Waals surface area contributed by atoms with Crippen LogP contribution in [0, 0.1) is 5.82 Å². The van der Waals surface area contributed by atoms with Crippen LogP contribution in [0.5, 0.6) is 0 Å². The number of alkyl halides is 6. The smallest absolute Gasteiger partial charge is 0.384 e. The molecule has 1 nitrogen and oxygen atoms in total. The summed E-state index contributed by atoms with van der Waals surface area (Å²) in [5.74, 6) is -1.09. The van der Waals surface area contributed by atoms with Crippen LogP contribution in [0.15, 0.2) is 18.2 Å². The summed E-state index contributed by atoms with van der Waals surface area (Å²) in [6, 6.07) is 1.49. The molecular formula is C9H5Cl3F4O. The predicted molar refractivity (Wildman–Crippen MR) is 56.7 cm³/mol. The first-order chi connectivity index (χ1) is 7.53. The van der Waals surface area contributed by atoms with Gasteiger partial charge in [0.2, 0.25) is 3.79 Å². The summed E-state index contributed by atoms with van der Waals surface area (Å²) < 4.78 is 48.0. The fourth-order valence-corrected chi connectivity index (χ4v) is 1.46. The molecule has 1 rings (SSSR count). The van der Waals surface area contributed by atoms with Crippen molar-refractivity contribution < 1.29 is 22.7 Å². The SMILES string of the molecule is OC(c1cc(C(F)(F)F)ccc1F)C(Cl)(Cl)Cl. The van der Waals surface area contributed by atoms with Gasteiger partial charge in [0, 0.05) is 5.56 Å². The molecule has 17 heavy (non-hydrogen) atoms. The highest BCUT2D eigenvalue weighted by Gasteiger charge is 2.37. The predicted octanol–water partition coefficient (Wildman–Crippen LogP) is 4.25. The number of hydrogen-bond acceptors (Lipinski definition) is 1. The second kappa shape index (κ2) is 4.80. The van der Waals surface area contributed by atoms with E-state index in [1.165, 1.54) is 0 Å². The lowest BCUT2D eigenvalue weighted by molar-refractivity contribution is -0.137. The fraction of sp³-hybridized carbons (Fsp3) is 0.333. The molecule has 0 aliphatic rings. The van der Waals surface area contributed by atoms with Gasteiger partial charge in [-0.15, -0.1) is 0 Å². The summed E-state index contributed by atoms with van der Waals surface area (Å²) >= 11 is 15.9. The average Bonchev–Trinajstić information content (AvgIpc) is 2.14. The number of rotatable bonds is 1. The topological polar surface area (TPSA) is 20.2 Å². The van der Waals surface area contributed by atoms with Crippen molar-refractivity contribution in [3.05, 3.63) is 35.1 Å². The Balaban J connectivity index is 3.25. The Kier molecular flexibility index (Phi) is 4.19. The van der Waals surface area contributed by atoms with Crippen LogP contribution >= 0.6 is 34.8 Å². The highest BCUT2D eigenvalue weighted by molar-refractivity contribution is 6.68. The van der Waals surface area contributed by atoms with Gasteiger partial charge in [-0.1, -0.05) is 34.8 Å². The molecule has 0 spiro atoms. The van der Waals surface area contributed by atoms with Crippen LogP contribution in [0.3, 0.4) is 0 Å². The number of hydrogen-bond donors (Lipinski definition) is 1.